The van der Waals surface area contributed by atoms with Crippen molar-refractivity contribution in [2.75, 3.05) is 12.4 Å². The summed E-state index contributed by atoms with van der Waals surface area (Å²) < 4.78 is 6.40. The minimum atomic E-state index is -1.23. The number of carboxylic acid groups (broad SMARTS) is 1. The molecule has 0 fully saturated rings. The Morgan fingerprint density at radius 1 is 1.39 bits per heavy atom. The van der Waals surface area contributed by atoms with Gasteiger partial charge in [-0.1, -0.05) is 11.6 Å². The van der Waals surface area contributed by atoms with Gasteiger partial charge in [0.15, 0.2) is 5.54 Å². The lowest BCUT2D eigenvalue weighted by molar-refractivity contribution is -0.146. The van der Waals surface area contributed by atoms with E-state index in [1.807, 2.05) is 0 Å². The van der Waals surface area contributed by atoms with Crippen molar-refractivity contribution in [3.63, 3.8) is 0 Å². The van der Waals surface area contributed by atoms with E-state index in [-0.39, 0.29) is 5.56 Å². The van der Waals surface area contributed by atoms with E-state index in [1.54, 1.807) is 12.1 Å². The first-order chi connectivity index (χ1) is 10.8. The predicted octanol–water partition coefficient (Wildman–Crippen LogP) is 2.62. The molecule has 122 valence electrons. The summed E-state index contributed by atoms with van der Waals surface area (Å²) in [5.74, 6) is -1.09. The van der Waals surface area contributed by atoms with Gasteiger partial charge in [0.25, 0.3) is 5.91 Å². The molecule has 0 unspecified atom stereocenters. The van der Waals surface area contributed by atoms with Gasteiger partial charge in [-0.15, -0.1) is 0 Å². The van der Waals surface area contributed by atoms with E-state index in [0.29, 0.717) is 16.5 Å². The van der Waals surface area contributed by atoms with Gasteiger partial charge in [-0.05, 0) is 32.0 Å². The number of ether oxygens (including phenoxy) is 1. The molecule has 2 rings (SSSR count). The molecule has 7 nitrogen and oxygen atoms in total. The molecule has 1 amide bonds. The molecule has 0 saturated heterocycles. The van der Waals surface area contributed by atoms with E-state index in [2.05, 4.69) is 10.4 Å². The Balaban J connectivity index is 2.24. The molecular weight excluding hydrogens is 322 g/mol. The Hall–Kier alpha value is -2.54. The second-order valence-corrected chi connectivity index (χ2v) is 5.77. The molecule has 2 aromatic rings. The van der Waals surface area contributed by atoms with Crippen LogP contribution >= 0.6 is 11.6 Å². The number of carbonyl (C=O) groups is 2. The minimum Gasteiger partial charge on any atom is -0.496 e. The van der Waals surface area contributed by atoms with Crippen LogP contribution in [0.15, 0.2) is 30.6 Å². The summed E-state index contributed by atoms with van der Waals surface area (Å²) in [5, 5.41) is 16.2. The number of amides is 1. The Bertz CT molecular complexity index is 755. The molecule has 1 aromatic carbocycles. The van der Waals surface area contributed by atoms with E-state index in [9.17, 15) is 14.7 Å². The summed E-state index contributed by atoms with van der Waals surface area (Å²) in [4.78, 5) is 23.6. The van der Waals surface area contributed by atoms with Gasteiger partial charge < -0.3 is 15.2 Å². The Morgan fingerprint density at radius 3 is 2.70 bits per heavy atom. The van der Waals surface area contributed by atoms with Gasteiger partial charge in [-0.2, -0.15) is 5.10 Å². The summed E-state index contributed by atoms with van der Waals surface area (Å²) in [6.07, 6.45) is 2.82. The lowest BCUT2D eigenvalue weighted by atomic mass is 10.1. The first-order valence-corrected chi connectivity index (χ1v) is 7.07. The molecule has 1 aromatic heterocycles. The lowest BCUT2D eigenvalue weighted by Crippen LogP contribution is -2.35. The third-order valence-electron chi connectivity index (χ3n) is 3.34. The van der Waals surface area contributed by atoms with E-state index in [4.69, 9.17) is 16.3 Å². The fraction of sp³-hybridized carbons (Fsp3) is 0.267. The molecular formula is C15H16ClN3O4. The zero-order valence-corrected chi connectivity index (χ0v) is 13.6. The summed E-state index contributed by atoms with van der Waals surface area (Å²) in [6, 6.07) is 4.69. The SMILES string of the molecule is COc1ccc(Cl)cc1C(=O)Nc1cnn(C(C)(C)C(=O)O)c1. The number of anilines is 1. The molecule has 0 radical (unpaired) electrons. The van der Waals surface area contributed by atoms with Crippen LogP contribution in [-0.4, -0.2) is 33.9 Å². The van der Waals surface area contributed by atoms with Crippen LogP contribution in [0.5, 0.6) is 5.75 Å². The van der Waals surface area contributed by atoms with Crippen molar-refractivity contribution in [1.82, 2.24) is 9.78 Å². The van der Waals surface area contributed by atoms with Crippen molar-refractivity contribution in [2.45, 2.75) is 19.4 Å². The maximum Gasteiger partial charge on any atom is 0.331 e. The largest absolute Gasteiger partial charge is 0.496 e. The number of aromatic nitrogens is 2. The molecule has 23 heavy (non-hydrogen) atoms. The topological polar surface area (TPSA) is 93.5 Å². The normalized spacial score (nSPS) is 11.1. The number of carboxylic acids is 1. The number of nitrogens with zero attached hydrogens (tertiary/aromatic N) is 2. The van der Waals surface area contributed by atoms with Crippen LogP contribution in [-0.2, 0) is 10.3 Å². The van der Waals surface area contributed by atoms with Crippen molar-refractivity contribution < 1.29 is 19.4 Å². The smallest absolute Gasteiger partial charge is 0.331 e. The molecule has 2 N–H and O–H groups in total. The van der Waals surface area contributed by atoms with Gasteiger partial charge >= 0.3 is 5.97 Å². The maximum atomic E-state index is 12.3. The number of benzene rings is 1. The monoisotopic (exact) mass is 337 g/mol. The fourth-order valence-corrected chi connectivity index (χ4v) is 2.02. The highest BCUT2D eigenvalue weighted by atomic mass is 35.5. The third kappa shape index (κ3) is 3.45. The van der Waals surface area contributed by atoms with Crippen molar-refractivity contribution in [3.8, 4) is 5.75 Å². The van der Waals surface area contributed by atoms with Gasteiger partial charge in [0.1, 0.15) is 5.75 Å². The van der Waals surface area contributed by atoms with Crippen LogP contribution in [0.4, 0.5) is 5.69 Å². The predicted molar refractivity (Wildman–Crippen MR) is 85.1 cm³/mol. The van der Waals surface area contributed by atoms with E-state index in [0.717, 1.165) is 0 Å². The highest BCUT2D eigenvalue weighted by molar-refractivity contribution is 6.31. The molecule has 0 saturated carbocycles. The lowest BCUT2D eigenvalue weighted by Gasteiger charge is -2.19. The van der Waals surface area contributed by atoms with Crippen molar-refractivity contribution in [3.05, 3.63) is 41.2 Å². The van der Waals surface area contributed by atoms with Crippen molar-refractivity contribution in [1.29, 1.82) is 0 Å². The number of carbonyl (C=O) groups excluding carboxylic acids is 1. The van der Waals surface area contributed by atoms with Gasteiger partial charge in [0, 0.05) is 11.2 Å². The van der Waals surface area contributed by atoms with Crippen molar-refractivity contribution >= 4 is 29.2 Å². The second kappa shape index (κ2) is 6.29. The van der Waals surface area contributed by atoms with Gasteiger partial charge in [0.05, 0.1) is 24.6 Å². The minimum absolute atomic E-state index is 0.269. The van der Waals surface area contributed by atoms with E-state index >= 15 is 0 Å². The van der Waals surface area contributed by atoms with E-state index in [1.165, 1.54) is 44.1 Å². The highest BCUT2D eigenvalue weighted by Gasteiger charge is 2.30. The molecule has 0 aliphatic rings. The average Bonchev–Trinajstić information content (AvgIpc) is 2.96. The molecule has 0 aliphatic heterocycles. The second-order valence-electron chi connectivity index (χ2n) is 5.34. The van der Waals surface area contributed by atoms with Crippen molar-refractivity contribution in [2.24, 2.45) is 0 Å². The number of hydrogen-bond acceptors (Lipinski definition) is 4. The summed E-state index contributed by atoms with van der Waals surface area (Å²) in [5.41, 5.74) is -0.590. The van der Waals surface area contributed by atoms with Crippen LogP contribution in [0.3, 0.4) is 0 Å². The molecule has 0 spiro atoms. The Morgan fingerprint density at radius 2 is 2.09 bits per heavy atom. The van der Waals surface area contributed by atoms with Crippen LogP contribution in [0.1, 0.15) is 24.2 Å². The third-order valence-corrected chi connectivity index (χ3v) is 3.58. The number of rotatable bonds is 5. The number of nitrogens with one attached hydrogen (secondary N) is 1. The number of methoxy groups -OCH3 is 1. The number of hydrogen-bond donors (Lipinski definition) is 2. The maximum absolute atomic E-state index is 12.3. The van der Waals surface area contributed by atoms with Gasteiger partial charge in [-0.25, -0.2) is 4.79 Å². The van der Waals surface area contributed by atoms with Crippen LogP contribution in [0, 0.1) is 0 Å². The molecule has 0 atom stereocenters. The number of aliphatic carboxylic acids is 1. The summed E-state index contributed by atoms with van der Waals surface area (Å²) in [6.45, 7) is 3.02. The standard InChI is InChI=1S/C15H16ClN3O4/c1-15(2,14(21)22)19-8-10(7-17-19)18-13(20)11-6-9(16)4-5-12(11)23-3/h4-8H,1-3H3,(H,18,20)(H,21,22). The van der Waals surface area contributed by atoms with E-state index < -0.39 is 17.4 Å². The van der Waals surface area contributed by atoms with Gasteiger partial charge in [-0.3, -0.25) is 9.48 Å². The summed E-state index contributed by atoms with van der Waals surface area (Å²) >= 11 is 5.90. The zero-order valence-electron chi connectivity index (χ0n) is 12.8. The number of halogens is 1. The Kier molecular flexibility index (Phi) is 4.60. The van der Waals surface area contributed by atoms with Crippen LogP contribution < -0.4 is 10.1 Å². The molecule has 0 bridgehead atoms. The molecule has 0 aliphatic carbocycles. The fourth-order valence-electron chi connectivity index (χ4n) is 1.85. The van der Waals surface area contributed by atoms with Crippen LogP contribution in [0.2, 0.25) is 5.02 Å². The zero-order chi connectivity index (χ0) is 17.2. The average molecular weight is 338 g/mol. The molecule has 1 heterocycles. The first-order valence-electron chi connectivity index (χ1n) is 6.69. The van der Waals surface area contributed by atoms with Crippen LogP contribution in [0.25, 0.3) is 0 Å². The summed E-state index contributed by atoms with van der Waals surface area (Å²) in [7, 11) is 1.45. The quantitative estimate of drug-likeness (QED) is 0.874. The highest BCUT2D eigenvalue weighted by Crippen LogP contribution is 2.24. The molecule has 8 heteroatoms. The Labute approximate surface area is 137 Å². The van der Waals surface area contributed by atoms with Gasteiger partial charge in [0.2, 0.25) is 0 Å². The first kappa shape index (κ1) is 16.8.